The van der Waals surface area contributed by atoms with Crippen molar-refractivity contribution in [1.29, 1.82) is 5.26 Å². The first kappa shape index (κ1) is 14.7. The van der Waals surface area contributed by atoms with Crippen molar-refractivity contribution in [2.24, 2.45) is 0 Å². The molecular formula is C18H17NO2. The van der Waals surface area contributed by atoms with Crippen LogP contribution in [0.1, 0.15) is 16.7 Å². The van der Waals surface area contributed by atoms with Gasteiger partial charge in [-0.05, 0) is 35.8 Å². The second-order valence-electron chi connectivity index (χ2n) is 4.62. The number of aryl methyl sites for hydroxylation is 1. The molecule has 0 heterocycles. The van der Waals surface area contributed by atoms with E-state index in [0.717, 1.165) is 16.7 Å². The van der Waals surface area contributed by atoms with Crippen molar-refractivity contribution in [2.45, 2.75) is 6.92 Å². The van der Waals surface area contributed by atoms with Crippen molar-refractivity contribution < 1.29 is 9.47 Å². The van der Waals surface area contributed by atoms with E-state index >= 15 is 0 Å². The van der Waals surface area contributed by atoms with Gasteiger partial charge in [0.05, 0.1) is 20.3 Å². The molecule has 0 saturated heterocycles. The minimum absolute atomic E-state index is 0.644. The fourth-order valence-electron chi connectivity index (χ4n) is 2.13. The van der Waals surface area contributed by atoms with Crippen molar-refractivity contribution >= 4 is 5.57 Å². The van der Waals surface area contributed by atoms with Crippen molar-refractivity contribution in [3.05, 3.63) is 65.2 Å². The summed E-state index contributed by atoms with van der Waals surface area (Å²) in [6, 6.07) is 15.8. The lowest BCUT2D eigenvalue weighted by Crippen LogP contribution is -1.94. The van der Waals surface area contributed by atoms with Gasteiger partial charge in [-0.1, -0.05) is 35.9 Å². The molecule has 106 valence electrons. The minimum Gasteiger partial charge on any atom is -0.493 e. The molecule has 3 heteroatoms. The maximum atomic E-state index is 9.06. The predicted octanol–water partition coefficient (Wildman–Crippen LogP) is 3.97. The number of benzene rings is 2. The van der Waals surface area contributed by atoms with Crippen LogP contribution in [-0.2, 0) is 0 Å². The maximum absolute atomic E-state index is 9.06. The molecule has 0 bridgehead atoms. The molecule has 2 rings (SSSR count). The number of methoxy groups -OCH3 is 2. The fraction of sp³-hybridized carbons (Fsp3) is 0.167. The zero-order valence-corrected chi connectivity index (χ0v) is 12.4. The number of hydrogen-bond donors (Lipinski definition) is 0. The Morgan fingerprint density at radius 1 is 0.952 bits per heavy atom. The van der Waals surface area contributed by atoms with Crippen LogP contribution in [0.2, 0.25) is 0 Å². The summed E-state index contributed by atoms with van der Waals surface area (Å²) >= 11 is 0. The average molecular weight is 279 g/mol. The number of allylic oxidation sites excluding steroid dienone is 1. The number of hydrogen-bond acceptors (Lipinski definition) is 3. The highest BCUT2D eigenvalue weighted by atomic mass is 16.5. The van der Waals surface area contributed by atoms with Crippen LogP contribution < -0.4 is 9.47 Å². The molecule has 0 aliphatic heterocycles. The summed E-state index contributed by atoms with van der Waals surface area (Å²) in [4.78, 5) is 0. The van der Waals surface area contributed by atoms with Gasteiger partial charge in [-0.25, -0.2) is 0 Å². The van der Waals surface area contributed by atoms with E-state index in [1.807, 2.05) is 49.4 Å². The zero-order valence-electron chi connectivity index (χ0n) is 12.4. The van der Waals surface area contributed by atoms with E-state index < -0.39 is 0 Å². The van der Waals surface area contributed by atoms with Crippen LogP contribution in [0.4, 0.5) is 0 Å². The van der Waals surface area contributed by atoms with Crippen molar-refractivity contribution in [3.63, 3.8) is 0 Å². The summed E-state index contributed by atoms with van der Waals surface area (Å²) < 4.78 is 10.6. The van der Waals surface area contributed by atoms with Gasteiger partial charge in [0, 0.05) is 6.08 Å². The summed E-state index contributed by atoms with van der Waals surface area (Å²) in [5.41, 5.74) is 3.95. The van der Waals surface area contributed by atoms with Crippen LogP contribution in [0.5, 0.6) is 11.5 Å². The highest BCUT2D eigenvalue weighted by Gasteiger charge is 2.10. The molecular weight excluding hydrogens is 262 g/mol. The van der Waals surface area contributed by atoms with Gasteiger partial charge in [0.15, 0.2) is 11.5 Å². The van der Waals surface area contributed by atoms with Crippen molar-refractivity contribution in [3.8, 4) is 17.6 Å². The normalized spacial score (nSPS) is 10.9. The van der Waals surface area contributed by atoms with Gasteiger partial charge in [0.1, 0.15) is 0 Å². The Morgan fingerprint density at radius 3 is 2.14 bits per heavy atom. The molecule has 0 unspecified atom stereocenters. The molecule has 2 aromatic carbocycles. The second-order valence-corrected chi connectivity index (χ2v) is 4.62. The first-order chi connectivity index (χ1) is 10.2. The Kier molecular flexibility index (Phi) is 4.63. The van der Waals surface area contributed by atoms with E-state index in [1.165, 1.54) is 5.56 Å². The highest BCUT2D eigenvalue weighted by molar-refractivity contribution is 5.82. The lowest BCUT2D eigenvalue weighted by atomic mass is 9.96. The summed E-state index contributed by atoms with van der Waals surface area (Å²) in [6.45, 7) is 2.04. The van der Waals surface area contributed by atoms with Gasteiger partial charge >= 0.3 is 0 Å². The van der Waals surface area contributed by atoms with Crippen molar-refractivity contribution in [2.75, 3.05) is 14.2 Å². The summed E-state index contributed by atoms with van der Waals surface area (Å²) in [5, 5.41) is 9.06. The largest absolute Gasteiger partial charge is 0.493 e. The molecule has 0 amide bonds. The Morgan fingerprint density at radius 2 is 1.57 bits per heavy atom. The van der Waals surface area contributed by atoms with E-state index in [9.17, 15) is 0 Å². The van der Waals surface area contributed by atoms with Crippen molar-refractivity contribution in [1.82, 2.24) is 0 Å². The first-order valence-corrected chi connectivity index (χ1v) is 6.59. The lowest BCUT2D eigenvalue weighted by molar-refractivity contribution is 0.355. The minimum atomic E-state index is 0.644. The molecule has 0 radical (unpaired) electrons. The third-order valence-electron chi connectivity index (χ3n) is 3.27. The molecule has 3 nitrogen and oxygen atoms in total. The van der Waals surface area contributed by atoms with Gasteiger partial charge in [0.2, 0.25) is 0 Å². The van der Waals surface area contributed by atoms with E-state index in [4.69, 9.17) is 14.7 Å². The fourth-order valence-corrected chi connectivity index (χ4v) is 2.13. The van der Waals surface area contributed by atoms with E-state index in [2.05, 4.69) is 6.07 Å². The molecule has 0 aliphatic rings. The quantitative estimate of drug-likeness (QED) is 0.795. The van der Waals surface area contributed by atoms with Gasteiger partial charge < -0.3 is 9.47 Å². The highest BCUT2D eigenvalue weighted by Crippen LogP contribution is 2.32. The summed E-state index contributed by atoms with van der Waals surface area (Å²) in [5.74, 6) is 1.31. The van der Waals surface area contributed by atoms with Gasteiger partial charge in [-0.2, -0.15) is 5.26 Å². The van der Waals surface area contributed by atoms with Crippen LogP contribution in [-0.4, -0.2) is 14.2 Å². The van der Waals surface area contributed by atoms with Crippen LogP contribution >= 0.6 is 0 Å². The number of ether oxygens (including phenoxy) is 2. The number of rotatable bonds is 4. The van der Waals surface area contributed by atoms with Gasteiger partial charge in [-0.3, -0.25) is 0 Å². The molecule has 0 atom stereocenters. The van der Waals surface area contributed by atoms with Crippen LogP contribution in [0.3, 0.4) is 0 Å². The lowest BCUT2D eigenvalue weighted by Gasteiger charge is -2.12. The molecule has 21 heavy (non-hydrogen) atoms. The predicted molar refractivity (Wildman–Crippen MR) is 83.4 cm³/mol. The Balaban J connectivity index is 2.52. The maximum Gasteiger partial charge on any atom is 0.161 e. The molecule has 2 aromatic rings. The summed E-state index contributed by atoms with van der Waals surface area (Å²) in [6.07, 6.45) is 1.55. The number of nitriles is 1. The molecule has 0 aromatic heterocycles. The molecule has 0 fully saturated rings. The van der Waals surface area contributed by atoms with Crippen LogP contribution in [0.25, 0.3) is 5.57 Å². The van der Waals surface area contributed by atoms with Crippen LogP contribution in [0, 0.1) is 18.3 Å². The molecule has 0 spiro atoms. The average Bonchev–Trinajstić information content (AvgIpc) is 2.53. The smallest absolute Gasteiger partial charge is 0.161 e. The SMILES string of the molecule is COc1ccc(C(=CC#N)c2ccc(C)cc2)cc1OC. The molecule has 0 saturated carbocycles. The third kappa shape index (κ3) is 3.24. The third-order valence-corrected chi connectivity index (χ3v) is 3.27. The monoisotopic (exact) mass is 279 g/mol. The zero-order chi connectivity index (χ0) is 15.2. The summed E-state index contributed by atoms with van der Waals surface area (Å²) in [7, 11) is 3.20. The number of nitrogens with zero attached hydrogens (tertiary/aromatic N) is 1. The first-order valence-electron chi connectivity index (χ1n) is 6.59. The van der Waals surface area contributed by atoms with E-state index in [0.29, 0.717) is 11.5 Å². The van der Waals surface area contributed by atoms with E-state index in [1.54, 1.807) is 20.3 Å². The van der Waals surface area contributed by atoms with Gasteiger partial charge in [0.25, 0.3) is 0 Å². The van der Waals surface area contributed by atoms with Crippen LogP contribution in [0.15, 0.2) is 48.5 Å². The Bertz CT molecular complexity index is 694. The second kappa shape index (κ2) is 6.62. The molecule has 0 N–H and O–H groups in total. The standard InChI is InChI=1S/C18H17NO2/c1-13-4-6-14(7-5-13)16(10-11-19)15-8-9-17(20-2)18(12-15)21-3/h4-10,12H,1-3H3. The Hall–Kier alpha value is -2.73. The van der Waals surface area contributed by atoms with E-state index in [-0.39, 0.29) is 0 Å². The molecule has 0 aliphatic carbocycles. The van der Waals surface area contributed by atoms with Gasteiger partial charge in [-0.15, -0.1) is 0 Å². The Labute approximate surface area is 125 Å². The topological polar surface area (TPSA) is 42.2 Å².